The molecule has 18 heavy (non-hydrogen) atoms. The molecule has 1 aromatic heterocycles. The number of pyridine rings is 1. The first kappa shape index (κ1) is 12.9. The van der Waals surface area contributed by atoms with Crippen LogP contribution in [0.25, 0.3) is 0 Å². The summed E-state index contributed by atoms with van der Waals surface area (Å²) in [5.74, 6) is 1.96. The van der Waals surface area contributed by atoms with E-state index in [0.717, 1.165) is 26.1 Å². The zero-order valence-electron chi connectivity index (χ0n) is 10.2. The largest absolute Gasteiger partial charge is 0.456 e. The maximum Gasteiger partial charge on any atom is 0.146 e. The van der Waals surface area contributed by atoms with Crippen LogP contribution in [0.4, 0.5) is 11.5 Å². The molecule has 2 rings (SSSR count). The Hall–Kier alpha value is -1.50. The second-order valence-electron chi connectivity index (χ2n) is 4.08. The van der Waals surface area contributed by atoms with Crippen molar-refractivity contribution < 1.29 is 4.74 Å². The van der Waals surface area contributed by atoms with Gasteiger partial charge in [0, 0.05) is 18.0 Å². The smallest absolute Gasteiger partial charge is 0.146 e. The molecule has 0 radical (unpaired) electrons. The van der Waals surface area contributed by atoms with E-state index in [1.807, 2.05) is 26.0 Å². The Kier molecular flexibility index (Phi) is 3.60. The minimum Gasteiger partial charge on any atom is -0.456 e. The van der Waals surface area contributed by atoms with Crippen molar-refractivity contribution in [3.63, 3.8) is 0 Å². The fourth-order valence-electron chi connectivity index (χ4n) is 1.56. The third-order valence-electron chi connectivity index (χ3n) is 2.66. The van der Waals surface area contributed by atoms with Crippen LogP contribution in [0.5, 0.6) is 11.5 Å². The van der Waals surface area contributed by atoms with Crippen molar-refractivity contribution in [3.05, 3.63) is 39.1 Å². The molecule has 0 unspecified atom stereocenters. The molecule has 4 nitrogen and oxygen atoms in total. The third-order valence-corrected chi connectivity index (χ3v) is 3.75. The number of halogens is 1. The predicted octanol–water partition coefficient (Wildman–Crippen LogP) is 3.26. The molecule has 0 aliphatic rings. The van der Waals surface area contributed by atoms with Gasteiger partial charge in [-0.3, -0.25) is 0 Å². The molecular weight excluding hydrogens is 341 g/mol. The van der Waals surface area contributed by atoms with Gasteiger partial charge in [0.25, 0.3) is 0 Å². The molecule has 0 atom stereocenters. The van der Waals surface area contributed by atoms with Crippen LogP contribution in [0.1, 0.15) is 11.1 Å². The van der Waals surface area contributed by atoms with Crippen LogP contribution in [0, 0.1) is 17.4 Å². The third kappa shape index (κ3) is 2.50. The van der Waals surface area contributed by atoms with E-state index in [0.29, 0.717) is 11.6 Å². The molecule has 0 aliphatic heterocycles. The fourth-order valence-corrected chi connectivity index (χ4v) is 1.99. The molecule has 0 aliphatic carbocycles. The summed E-state index contributed by atoms with van der Waals surface area (Å²) in [5, 5.41) is 0. The molecule has 0 bridgehead atoms. The molecule has 0 spiro atoms. The first-order chi connectivity index (χ1) is 8.49. The van der Waals surface area contributed by atoms with Crippen LogP contribution in [-0.2, 0) is 0 Å². The van der Waals surface area contributed by atoms with Crippen molar-refractivity contribution >= 4 is 34.1 Å². The summed E-state index contributed by atoms with van der Waals surface area (Å²) in [6.45, 7) is 3.91. The Morgan fingerprint density at radius 1 is 1.11 bits per heavy atom. The molecular formula is C13H14IN3O. The number of benzene rings is 1. The summed E-state index contributed by atoms with van der Waals surface area (Å²) >= 11 is 2.12. The second kappa shape index (κ2) is 5.01. The lowest BCUT2D eigenvalue weighted by Crippen LogP contribution is -1.98. The summed E-state index contributed by atoms with van der Waals surface area (Å²) in [6.07, 6.45) is 1.63. The number of nitrogens with zero attached hydrogens (tertiary/aromatic N) is 1. The number of aryl methyl sites for hydroxylation is 2. The quantitative estimate of drug-likeness (QED) is 0.641. The average Bonchev–Trinajstić information content (AvgIpc) is 2.32. The topological polar surface area (TPSA) is 74.2 Å². The standard InChI is InChI=1S/C13H14IN3O/c1-7-6-11(8(2)5-9(7)15)18-10-3-4-17-13(16)12(10)14/h3-6H,15H2,1-2H3,(H2,16,17). The van der Waals surface area contributed by atoms with Gasteiger partial charge in [-0.1, -0.05) is 0 Å². The minimum absolute atomic E-state index is 0.470. The summed E-state index contributed by atoms with van der Waals surface area (Å²) in [4.78, 5) is 4.01. The lowest BCUT2D eigenvalue weighted by Gasteiger charge is -2.12. The van der Waals surface area contributed by atoms with Crippen molar-refractivity contribution in [3.8, 4) is 11.5 Å². The van der Waals surface area contributed by atoms with E-state index < -0.39 is 0 Å². The predicted molar refractivity (Wildman–Crippen MR) is 81.8 cm³/mol. The zero-order valence-corrected chi connectivity index (χ0v) is 12.4. The summed E-state index contributed by atoms with van der Waals surface area (Å²) in [7, 11) is 0. The molecule has 0 saturated heterocycles. The van der Waals surface area contributed by atoms with Gasteiger partial charge in [0.1, 0.15) is 17.3 Å². The van der Waals surface area contributed by atoms with Crippen LogP contribution in [-0.4, -0.2) is 4.98 Å². The zero-order chi connectivity index (χ0) is 13.3. The number of aromatic nitrogens is 1. The highest BCUT2D eigenvalue weighted by atomic mass is 127. The Labute approximate surface area is 119 Å². The van der Waals surface area contributed by atoms with Crippen LogP contribution in [0.15, 0.2) is 24.4 Å². The minimum atomic E-state index is 0.470. The highest BCUT2D eigenvalue weighted by molar-refractivity contribution is 14.1. The van der Waals surface area contributed by atoms with E-state index in [1.165, 1.54) is 0 Å². The second-order valence-corrected chi connectivity index (χ2v) is 5.16. The molecule has 1 aromatic carbocycles. The highest BCUT2D eigenvalue weighted by Crippen LogP contribution is 2.32. The van der Waals surface area contributed by atoms with Crippen LogP contribution in [0.3, 0.4) is 0 Å². The van der Waals surface area contributed by atoms with E-state index in [1.54, 1.807) is 12.3 Å². The lowest BCUT2D eigenvalue weighted by atomic mass is 10.1. The van der Waals surface area contributed by atoms with E-state index >= 15 is 0 Å². The van der Waals surface area contributed by atoms with Crippen molar-refractivity contribution in [2.75, 3.05) is 11.5 Å². The number of anilines is 2. The SMILES string of the molecule is Cc1cc(Oc2ccnc(N)c2I)c(C)cc1N. The molecule has 94 valence electrons. The van der Waals surface area contributed by atoms with E-state index in [-0.39, 0.29) is 0 Å². The Morgan fingerprint density at radius 2 is 1.83 bits per heavy atom. The van der Waals surface area contributed by atoms with Gasteiger partial charge in [-0.05, 0) is 59.7 Å². The Balaban J connectivity index is 2.40. The van der Waals surface area contributed by atoms with E-state index in [4.69, 9.17) is 16.2 Å². The number of nitrogen functional groups attached to an aromatic ring is 2. The molecule has 5 heteroatoms. The fraction of sp³-hybridized carbons (Fsp3) is 0.154. The number of nitrogens with two attached hydrogens (primary N) is 2. The van der Waals surface area contributed by atoms with Crippen molar-refractivity contribution in [2.24, 2.45) is 0 Å². The molecule has 0 amide bonds. The summed E-state index contributed by atoms with van der Waals surface area (Å²) < 4.78 is 6.68. The molecule has 0 saturated carbocycles. The van der Waals surface area contributed by atoms with Crippen LogP contribution in [0.2, 0.25) is 0 Å². The normalized spacial score (nSPS) is 10.4. The highest BCUT2D eigenvalue weighted by Gasteiger charge is 2.09. The van der Waals surface area contributed by atoms with Crippen molar-refractivity contribution in [2.45, 2.75) is 13.8 Å². The average molecular weight is 355 g/mol. The van der Waals surface area contributed by atoms with Gasteiger partial charge in [-0.25, -0.2) is 4.98 Å². The number of rotatable bonds is 2. The summed E-state index contributed by atoms with van der Waals surface area (Å²) in [6, 6.07) is 5.63. The van der Waals surface area contributed by atoms with Gasteiger partial charge in [-0.2, -0.15) is 0 Å². The molecule has 1 heterocycles. The number of ether oxygens (including phenoxy) is 1. The monoisotopic (exact) mass is 355 g/mol. The van der Waals surface area contributed by atoms with Gasteiger partial charge in [0.15, 0.2) is 0 Å². The van der Waals surface area contributed by atoms with Gasteiger partial charge in [0.05, 0.1) is 3.57 Å². The van der Waals surface area contributed by atoms with E-state index in [9.17, 15) is 0 Å². The summed E-state index contributed by atoms with van der Waals surface area (Å²) in [5.41, 5.74) is 14.3. The molecule has 2 aromatic rings. The molecule has 4 N–H and O–H groups in total. The van der Waals surface area contributed by atoms with Gasteiger partial charge in [0.2, 0.25) is 0 Å². The maximum absolute atomic E-state index is 5.87. The van der Waals surface area contributed by atoms with Gasteiger partial charge < -0.3 is 16.2 Å². The Bertz CT molecular complexity index is 599. The van der Waals surface area contributed by atoms with Crippen molar-refractivity contribution in [1.82, 2.24) is 4.98 Å². The first-order valence-electron chi connectivity index (χ1n) is 5.43. The van der Waals surface area contributed by atoms with Crippen LogP contribution < -0.4 is 16.2 Å². The molecule has 0 fully saturated rings. The van der Waals surface area contributed by atoms with E-state index in [2.05, 4.69) is 27.6 Å². The lowest BCUT2D eigenvalue weighted by molar-refractivity contribution is 0.475. The van der Waals surface area contributed by atoms with Crippen molar-refractivity contribution in [1.29, 1.82) is 0 Å². The van der Waals surface area contributed by atoms with Crippen LogP contribution >= 0.6 is 22.6 Å². The maximum atomic E-state index is 5.87. The first-order valence-corrected chi connectivity index (χ1v) is 6.51. The van der Waals surface area contributed by atoms with Gasteiger partial charge >= 0.3 is 0 Å². The number of hydrogen-bond donors (Lipinski definition) is 2. The number of hydrogen-bond acceptors (Lipinski definition) is 4. The van der Waals surface area contributed by atoms with Gasteiger partial charge in [-0.15, -0.1) is 0 Å². The Morgan fingerprint density at radius 3 is 2.56 bits per heavy atom.